The molecule has 15 heavy (non-hydrogen) atoms. The lowest BCUT2D eigenvalue weighted by atomic mass is 10.1. The van der Waals surface area contributed by atoms with Crippen LogP contribution >= 0.6 is 59.4 Å². The van der Waals surface area contributed by atoms with Crippen molar-refractivity contribution in [1.29, 1.82) is 0 Å². The second-order valence-corrected chi connectivity index (χ2v) is 5.98. The van der Waals surface area contributed by atoms with Crippen LogP contribution in [0.5, 0.6) is 5.75 Å². The number of rotatable bonds is 0. The van der Waals surface area contributed by atoms with Crippen LogP contribution in [0.1, 0.15) is 0 Å². The molecule has 2 rings (SSSR count). The summed E-state index contributed by atoms with van der Waals surface area (Å²) in [7, 11) is 0. The highest BCUT2D eigenvalue weighted by Gasteiger charge is 2.12. The molecule has 0 radical (unpaired) electrons. The van der Waals surface area contributed by atoms with E-state index in [-0.39, 0.29) is 5.75 Å². The molecule has 0 unspecified atom stereocenters. The van der Waals surface area contributed by atoms with Crippen LogP contribution in [-0.2, 0) is 0 Å². The minimum Gasteiger partial charge on any atom is -0.506 e. The fourth-order valence-electron chi connectivity index (χ4n) is 1.37. The minimum atomic E-state index is 0.159. The standard InChI is InChI=1S/C10H4Br3ClO/c11-5-1-4-2-6(12)10(15)9(13)8(4)7(14)3-5/h1-3,15H. The molecule has 78 valence electrons. The van der Waals surface area contributed by atoms with E-state index in [1.54, 1.807) is 6.07 Å². The molecule has 0 fully saturated rings. The lowest BCUT2D eigenvalue weighted by Gasteiger charge is -2.08. The molecular weight excluding hydrogens is 411 g/mol. The maximum atomic E-state index is 9.73. The van der Waals surface area contributed by atoms with Gasteiger partial charge in [0.2, 0.25) is 0 Å². The average Bonchev–Trinajstić information content (AvgIpc) is 2.13. The van der Waals surface area contributed by atoms with Crippen molar-refractivity contribution in [2.24, 2.45) is 0 Å². The number of hydrogen-bond acceptors (Lipinski definition) is 1. The van der Waals surface area contributed by atoms with E-state index in [4.69, 9.17) is 11.6 Å². The number of fused-ring (bicyclic) bond motifs is 1. The van der Waals surface area contributed by atoms with Crippen molar-refractivity contribution in [3.05, 3.63) is 36.6 Å². The SMILES string of the molecule is Oc1c(Br)cc2cc(Br)cc(Cl)c2c1Br. The second kappa shape index (κ2) is 4.24. The summed E-state index contributed by atoms with van der Waals surface area (Å²) in [5, 5.41) is 12.1. The van der Waals surface area contributed by atoms with Crippen LogP contribution in [0.25, 0.3) is 10.8 Å². The summed E-state index contributed by atoms with van der Waals surface area (Å²) in [4.78, 5) is 0. The third kappa shape index (κ3) is 2.05. The Morgan fingerprint density at radius 1 is 1.07 bits per heavy atom. The first-order valence-corrected chi connectivity index (χ1v) is 6.72. The van der Waals surface area contributed by atoms with Crippen molar-refractivity contribution >= 4 is 70.2 Å². The van der Waals surface area contributed by atoms with Gasteiger partial charge in [-0.15, -0.1) is 0 Å². The molecule has 0 amide bonds. The quantitative estimate of drug-likeness (QED) is 0.604. The Labute approximate surface area is 117 Å². The normalized spacial score (nSPS) is 10.9. The Balaban J connectivity index is 2.99. The van der Waals surface area contributed by atoms with Gasteiger partial charge in [-0.3, -0.25) is 0 Å². The summed E-state index contributed by atoms with van der Waals surface area (Å²) in [6.45, 7) is 0. The van der Waals surface area contributed by atoms with Gasteiger partial charge in [-0.2, -0.15) is 0 Å². The lowest BCUT2D eigenvalue weighted by Crippen LogP contribution is -1.80. The predicted molar refractivity (Wildman–Crippen MR) is 73.7 cm³/mol. The van der Waals surface area contributed by atoms with Gasteiger partial charge in [0.05, 0.1) is 14.0 Å². The van der Waals surface area contributed by atoms with Gasteiger partial charge in [0.25, 0.3) is 0 Å². The molecule has 0 atom stereocenters. The zero-order valence-corrected chi connectivity index (χ0v) is 12.7. The van der Waals surface area contributed by atoms with E-state index in [0.29, 0.717) is 14.0 Å². The maximum Gasteiger partial charge on any atom is 0.144 e. The molecular formula is C10H4Br3ClO. The molecule has 0 aromatic heterocycles. The van der Waals surface area contributed by atoms with Gasteiger partial charge in [-0.1, -0.05) is 27.5 Å². The van der Waals surface area contributed by atoms with Crippen molar-refractivity contribution < 1.29 is 5.11 Å². The van der Waals surface area contributed by atoms with Crippen molar-refractivity contribution in [2.75, 3.05) is 0 Å². The molecule has 2 aromatic rings. The summed E-state index contributed by atoms with van der Waals surface area (Å²) in [5.41, 5.74) is 0. The van der Waals surface area contributed by atoms with Crippen LogP contribution in [0.15, 0.2) is 31.6 Å². The zero-order chi connectivity index (χ0) is 11.2. The number of phenols is 1. The molecule has 0 saturated carbocycles. The minimum absolute atomic E-state index is 0.159. The fraction of sp³-hybridized carbons (Fsp3) is 0. The third-order valence-corrected chi connectivity index (χ3v) is 4.15. The van der Waals surface area contributed by atoms with E-state index in [1.807, 2.05) is 12.1 Å². The van der Waals surface area contributed by atoms with E-state index < -0.39 is 0 Å². The molecule has 5 heteroatoms. The third-order valence-electron chi connectivity index (χ3n) is 2.02. The molecule has 1 N–H and O–H groups in total. The highest BCUT2D eigenvalue weighted by Crippen LogP contribution is 2.42. The Hall–Kier alpha value is 0.230. The van der Waals surface area contributed by atoms with Crippen LogP contribution in [0, 0.1) is 0 Å². The molecule has 0 heterocycles. The molecule has 0 spiro atoms. The number of aromatic hydroxyl groups is 1. The van der Waals surface area contributed by atoms with Crippen LogP contribution in [0.3, 0.4) is 0 Å². The van der Waals surface area contributed by atoms with Crippen LogP contribution in [-0.4, -0.2) is 5.11 Å². The molecule has 0 aliphatic rings. The Bertz CT molecular complexity index is 554. The summed E-state index contributed by atoms with van der Waals surface area (Å²) in [6.07, 6.45) is 0. The molecule has 2 aromatic carbocycles. The first-order chi connectivity index (χ1) is 7.00. The van der Waals surface area contributed by atoms with Crippen LogP contribution < -0.4 is 0 Å². The summed E-state index contributed by atoms with van der Waals surface area (Å²) in [5.74, 6) is 0.159. The maximum absolute atomic E-state index is 9.73. The highest BCUT2D eigenvalue weighted by atomic mass is 79.9. The zero-order valence-electron chi connectivity index (χ0n) is 7.19. The average molecular weight is 415 g/mol. The Morgan fingerprint density at radius 3 is 2.40 bits per heavy atom. The molecule has 0 aliphatic carbocycles. The lowest BCUT2D eigenvalue weighted by molar-refractivity contribution is 0.469. The highest BCUT2D eigenvalue weighted by molar-refractivity contribution is 9.11. The molecule has 0 bridgehead atoms. The predicted octanol–water partition coefficient (Wildman–Crippen LogP) is 5.49. The van der Waals surface area contributed by atoms with E-state index in [9.17, 15) is 5.11 Å². The topological polar surface area (TPSA) is 20.2 Å². The number of hydrogen-bond donors (Lipinski definition) is 1. The fourth-order valence-corrected chi connectivity index (χ4v) is 3.78. The van der Waals surface area contributed by atoms with Gasteiger partial charge in [0.15, 0.2) is 0 Å². The molecule has 0 aliphatic heterocycles. The van der Waals surface area contributed by atoms with Crippen molar-refractivity contribution in [1.82, 2.24) is 0 Å². The van der Waals surface area contributed by atoms with Crippen LogP contribution in [0.4, 0.5) is 0 Å². The largest absolute Gasteiger partial charge is 0.506 e. The van der Waals surface area contributed by atoms with Gasteiger partial charge in [0.1, 0.15) is 5.75 Å². The number of phenolic OH excluding ortho intramolecular Hbond substituents is 1. The summed E-state index contributed by atoms with van der Waals surface area (Å²) in [6, 6.07) is 5.56. The number of benzene rings is 2. The van der Waals surface area contributed by atoms with Gasteiger partial charge in [0, 0.05) is 9.86 Å². The summed E-state index contributed by atoms with van der Waals surface area (Å²) < 4.78 is 2.14. The van der Waals surface area contributed by atoms with E-state index >= 15 is 0 Å². The molecule has 1 nitrogen and oxygen atoms in total. The first-order valence-electron chi connectivity index (χ1n) is 3.96. The number of halogens is 4. The van der Waals surface area contributed by atoms with Crippen molar-refractivity contribution in [3.63, 3.8) is 0 Å². The van der Waals surface area contributed by atoms with Gasteiger partial charge < -0.3 is 5.11 Å². The summed E-state index contributed by atoms with van der Waals surface area (Å²) >= 11 is 16.1. The molecule has 0 saturated heterocycles. The van der Waals surface area contributed by atoms with Gasteiger partial charge in [-0.05, 0) is 55.4 Å². The van der Waals surface area contributed by atoms with Gasteiger partial charge in [-0.25, -0.2) is 0 Å². The monoisotopic (exact) mass is 412 g/mol. The van der Waals surface area contributed by atoms with Crippen LogP contribution in [0.2, 0.25) is 5.02 Å². The van der Waals surface area contributed by atoms with E-state index in [0.717, 1.165) is 15.2 Å². The second-order valence-electron chi connectivity index (χ2n) is 3.01. The van der Waals surface area contributed by atoms with Gasteiger partial charge >= 0.3 is 0 Å². The smallest absolute Gasteiger partial charge is 0.144 e. The Morgan fingerprint density at radius 2 is 1.73 bits per heavy atom. The van der Waals surface area contributed by atoms with E-state index in [2.05, 4.69) is 47.8 Å². The first kappa shape index (κ1) is 11.7. The van der Waals surface area contributed by atoms with Crippen molar-refractivity contribution in [2.45, 2.75) is 0 Å². The van der Waals surface area contributed by atoms with Crippen molar-refractivity contribution in [3.8, 4) is 5.75 Å². The van der Waals surface area contributed by atoms with E-state index in [1.165, 1.54) is 0 Å². The Kier molecular flexibility index (Phi) is 3.31.